The van der Waals surface area contributed by atoms with E-state index in [1.54, 1.807) is 0 Å². The van der Waals surface area contributed by atoms with Gasteiger partial charge in [-0.25, -0.2) is 0 Å². The largest absolute Gasteiger partial charge is 0.492 e. The maximum atomic E-state index is 5.49. The molecule has 2 heteroatoms. The molecule has 0 bridgehead atoms. The molecule has 0 spiro atoms. The van der Waals surface area contributed by atoms with Gasteiger partial charge in [0, 0.05) is 11.3 Å². The summed E-state index contributed by atoms with van der Waals surface area (Å²) in [6.45, 7) is 5.08. The summed E-state index contributed by atoms with van der Waals surface area (Å²) in [7, 11) is 0. The number of fused-ring (bicyclic) bond motifs is 1. The van der Waals surface area contributed by atoms with Crippen LogP contribution in [0.5, 0.6) is 5.75 Å². The highest BCUT2D eigenvalue weighted by Gasteiger charge is 2.17. The van der Waals surface area contributed by atoms with Crippen LogP contribution in [-0.4, -0.2) is 11.6 Å². The number of aromatic nitrogens is 1. The van der Waals surface area contributed by atoms with Gasteiger partial charge < -0.3 is 4.74 Å². The molecule has 0 aliphatic carbocycles. The number of hydrogen-bond acceptors (Lipinski definition) is 2. The Morgan fingerprint density at radius 1 is 1.58 bits per heavy atom. The number of ether oxygens (including phenoxy) is 1. The van der Waals surface area contributed by atoms with Crippen LogP contribution in [0.4, 0.5) is 0 Å². The standard InChI is InChI=1S/C10H13NO/c1-7-3-4-12-10-6-11-8(2)5-9(7)10/h5-7H,3-4H2,1-2H3. The lowest BCUT2D eigenvalue weighted by molar-refractivity contribution is 0.271. The minimum absolute atomic E-state index is 0.621. The van der Waals surface area contributed by atoms with Crippen LogP contribution in [0.2, 0.25) is 0 Å². The van der Waals surface area contributed by atoms with Gasteiger partial charge in [-0.05, 0) is 25.3 Å². The fourth-order valence-electron chi connectivity index (χ4n) is 1.58. The Labute approximate surface area is 72.6 Å². The van der Waals surface area contributed by atoms with Crippen molar-refractivity contribution in [2.24, 2.45) is 0 Å². The third-order valence-corrected chi connectivity index (χ3v) is 2.37. The summed E-state index contributed by atoms with van der Waals surface area (Å²) in [5.41, 5.74) is 2.39. The molecule has 0 fully saturated rings. The predicted molar refractivity (Wildman–Crippen MR) is 47.5 cm³/mol. The zero-order valence-corrected chi connectivity index (χ0v) is 7.50. The lowest BCUT2D eigenvalue weighted by Gasteiger charge is -2.22. The minimum Gasteiger partial charge on any atom is -0.492 e. The van der Waals surface area contributed by atoms with Crippen molar-refractivity contribution < 1.29 is 4.74 Å². The molecule has 0 saturated heterocycles. The SMILES string of the molecule is Cc1cc2c(cn1)OCCC2C. The monoisotopic (exact) mass is 163 g/mol. The molecule has 2 nitrogen and oxygen atoms in total. The summed E-state index contributed by atoms with van der Waals surface area (Å²) in [6.07, 6.45) is 2.96. The molecule has 2 rings (SSSR count). The second-order valence-electron chi connectivity index (χ2n) is 3.40. The van der Waals surface area contributed by atoms with Crippen molar-refractivity contribution in [1.29, 1.82) is 0 Å². The fraction of sp³-hybridized carbons (Fsp3) is 0.500. The number of pyridine rings is 1. The first kappa shape index (κ1) is 7.59. The van der Waals surface area contributed by atoms with Gasteiger partial charge in [-0.1, -0.05) is 6.92 Å². The Hall–Kier alpha value is -1.05. The van der Waals surface area contributed by atoms with Gasteiger partial charge in [-0.2, -0.15) is 0 Å². The van der Waals surface area contributed by atoms with Crippen LogP contribution in [0.25, 0.3) is 0 Å². The van der Waals surface area contributed by atoms with E-state index in [1.165, 1.54) is 5.56 Å². The van der Waals surface area contributed by atoms with Gasteiger partial charge in [0.15, 0.2) is 0 Å². The summed E-state index contributed by atoms with van der Waals surface area (Å²) >= 11 is 0. The first-order valence-electron chi connectivity index (χ1n) is 4.36. The Balaban J connectivity index is 2.47. The highest BCUT2D eigenvalue weighted by molar-refractivity contribution is 5.36. The predicted octanol–water partition coefficient (Wildman–Crippen LogP) is 2.28. The first-order valence-corrected chi connectivity index (χ1v) is 4.36. The number of rotatable bonds is 0. The van der Waals surface area contributed by atoms with E-state index in [9.17, 15) is 0 Å². The van der Waals surface area contributed by atoms with Crippen LogP contribution in [-0.2, 0) is 0 Å². The third kappa shape index (κ3) is 1.17. The lowest BCUT2D eigenvalue weighted by atomic mass is 9.96. The average molecular weight is 163 g/mol. The zero-order valence-electron chi connectivity index (χ0n) is 7.50. The number of nitrogens with zero attached hydrogens (tertiary/aromatic N) is 1. The quantitative estimate of drug-likeness (QED) is 0.585. The smallest absolute Gasteiger partial charge is 0.141 e. The van der Waals surface area contributed by atoms with E-state index in [0.29, 0.717) is 5.92 Å². The van der Waals surface area contributed by atoms with Gasteiger partial charge in [0.1, 0.15) is 5.75 Å². The van der Waals surface area contributed by atoms with E-state index < -0.39 is 0 Å². The lowest BCUT2D eigenvalue weighted by Crippen LogP contribution is -2.12. The van der Waals surface area contributed by atoms with Gasteiger partial charge in [0.2, 0.25) is 0 Å². The second-order valence-corrected chi connectivity index (χ2v) is 3.40. The summed E-state index contributed by atoms with van der Waals surface area (Å²) in [5, 5.41) is 0. The van der Waals surface area contributed by atoms with Crippen molar-refractivity contribution in [3.8, 4) is 5.75 Å². The maximum absolute atomic E-state index is 5.49. The van der Waals surface area contributed by atoms with Crippen molar-refractivity contribution in [1.82, 2.24) is 4.98 Å². The van der Waals surface area contributed by atoms with Crippen molar-refractivity contribution in [3.05, 3.63) is 23.5 Å². The van der Waals surface area contributed by atoms with E-state index in [0.717, 1.165) is 24.5 Å². The fourth-order valence-corrected chi connectivity index (χ4v) is 1.58. The van der Waals surface area contributed by atoms with Gasteiger partial charge in [0.05, 0.1) is 12.8 Å². The number of aryl methyl sites for hydroxylation is 1. The summed E-state index contributed by atoms with van der Waals surface area (Å²) < 4.78 is 5.49. The van der Waals surface area contributed by atoms with E-state index in [-0.39, 0.29) is 0 Å². The average Bonchev–Trinajstić information content (AvgIpc) is 2.07. The molecular weight excluding hydrogens is 150 g/mol. The molecule has 1 unspecified atom stereocenters. The van der Waals surface area contributed by atoms with E-state index in [1.807, 2.05) is 13.1 Å². The normalized spacial score (nSPS) is 21.3. The molecule has 1 atom stereocenters. The summed E-state index contributed by atoms with van der Waals surface area (Å²) in [6, 6.07) is 2.12. The highest BCUT2D eigenvalue weighted by Crippen LogP contribution is 2.32. The minimum atomic E-state index is 0.621. The Morgan fingerprint density at radius 3 is 3.25 bits per heavy atom. The topological polar surface area (TPSA) is 22.1 Å². The van der Waals surface area contributed by atoms with Crippen LogP contribution >= 0.6 is 0 Å². The van der Waals surface area contributed by atoms with Crippen LogP contribution in [0.15, 0.2) is 12.3 Å². The van der Waals surface area contributed by atoms with Crippen molar-refractivity contribution in [2.75, 3.05) is 6.61 Å². The number of hydrogen-bond donors (Lipinski definition) is 0. The van der Waals surface area contributed by atoms with Crippen LogP contribution in [0, 0.1) is 6.92 Å². The molecule has 2 heterocycles. The molecule has 0 amide bonds. The maximum Gasteiger partial charge on any atom is 0.141 e. The molecule has 64 valence electrons. The van der Waals surface area contributed by atoms with E-state index in [2.05, 4.69) is 18.0 Å². The van der Waals surface area contributed by atoms with E-state index >= 15 is 0 Å². The molecule has 1 aromatic rings. The highest BCUT2D eigenvalue weighted by atomic mass is 16.5. The molecule has 1 aromatic heterocycles. The van der Waals surface area contributed by atoms with Crippen molar-refractivity contribution in [2.45, 2.75) is 26.2 Å². The molecule has 1 aliphatic heterocycles. The summed E-state index contributed by atoms with van der Waals surface area (Å²) in [5.74, 6) is 1.59. The third-order valence-electron chi connectivity index (χ3n) is 2.37. The van der Waals surface area contributed by atoms with Gasteiger partial charge in [-0.3, -0.25) is 4.98 Å². The molecule has 1 aliphatic rings. The first-order chi connectivity index (χ1) is 5.77. The molecule has 0 aromatic carbocycles. The molecule has 0 N–H and O–H groups in total. The van der Waals surface area contributed by atoms with Crippen LogP contribution in [0.3, 0.4) is 0 Å². The molecule has 12 heavy (non-hydrogen) atoms. The Morgan fingerprint density at radius 2 is 2.42 bits per heavy atom. The Bertz CT molecular complexity index is 296. The van der Waals surface area contributed by atoms with Gasteiger partial charge >= 0.3 is 0 Å². The zero-order chi connectivity index (χ0) is 8.55. The summed E-state index contributed by atoms with van der Waals surface area (Å²) in [4.78, 5) is 4.20. The molecular formula is C10H13NO. The van der Waals surface area contributed by atoms with Gasteiger partial charge in [0.25, 0.3) is 0 Å². The van der Waals surface area contributed by atoms with Gasteiger partial charge in [-0.15, -0.1) is 0 Å². The molecule has 0 radical (unpaired) electrons. The van der Waals surface area contributed by atoms with Crippen molar-refractivity contribution in [3.63, 3.8) is 0 Å². The molecule has 0 saturated carbocycles. The Kier molecular flexibility index (Phi) is 1.75. The van der Waals surface area contributed by atoms with Crippen LogP contribution < -0.4 is 4.74 Å². The second kappa shape index (κ2) is 2.77. The van der Waals surface area contributed by atoms with Crippen molar-refractivity contribution >= 4 is 0 Å². The van der Waals surface area contributed by atoms with E-state index in [4.69, 9.17) is 4.74 Å². The van der Waals surface area contributed by atoms with Crippen LogP contribution in [0.1, 0.15) is 30.5 Å².